The van der Waals surface area contributed by atoms with Crippen LogP contribution in [-0.4, -0.2) is 29.3 Å². The molecule has 2 heterocycles. The Morgan fingerprint density at radius 1 is 1.03 bits per heavy atom. The van der Waals surface area contributed by atoms with Gasteiger partial charge in [-0.05, 0) is 48.4 Å². The fourth-order valence-corrected chi connectivity index (χ4v) is 4.60. The van der Waals surface area contributed by atoms with Crippen LogP contribution in [0.1, 0.15) is 29.7 Å². The SMILES string of the molecule is CC1Cc2cc(/C(O)=C3/C(=O)C(=O)N(c4cccc(OC(F)(F)F)c4)C3c3ccccc3)ccc2O1. The summed E-state index contributed by atoms with van der Waals surface area (Å²) in [7, 11) is 0. The van der Waals surface area contributed by atoms with E-state index in [2.05, 4.69) is 4.74 Å². The third-order valence-electron chi connectivity index (χ3n) is 6.06. The first kappa shape index (κ1) is 23.5. The lowest BCUT2D eigenvalue weighted by molar-refractivity contribution is -0.274. The standard InChI is InChI=1S/C27H20F3NO5/c1-15-12-18-13-17(10-11-21(18)35-15)24(32)22-23(16-6-3-2-4-7-16)31(26(34)25(22)33)19-8-5-9-20(14-19)36-27(28,29)30/h2-11,13-15,23,32H,12H2,1H3/b24-22-. The third-order valence-corrected chi connectivity index (χ3v) is 6.06. The molecule has 6 nitrogen and oxygen atoms in total. The van der Waals surface area contributed by atoms with Crippen LogP contribution in [0.15, 0.2) is 78.4 Å². The van der Waals surface area contributed by atoms with Crippen molar-refractivity contribution in [3.05, 3.63) is 95.1 Å². The fourth-order valence-electron chi connectivity index (χ4n) is 4.60. The Morgan fingerprint density at radius 2 is 1.78 bits per heavy atom. The van der Waals surface area contributed by atoms with Gasteiger partial charge in [-0.2, -0.15) is 0 Å². The third kappa shape index (κ3) is 4.28. The predicted octanol–water partition coefficient (Wildman–Crippen LogP) is 5.53. The molecular formula is C27H20F3NO5. The number of aliphatic hydroxyl groups is 1. The fraction of sp³-hybridized carbons (Fsp3) is 0.185. The lowest BCUT2D eigenvalue weighted by Gasteiger charge is -2.26. The molecule has 0 aromatic heterocycles. The van der Waals surface area contributed by atoms with E-state index < -0.39 is 29.8 Å². The van der Waals surface area contributed by atoms with Gasteiger partial charge in [0.25, 0.3) is 11.7 Å². The van der Waals surface area contributed by atoms with Gasteiger partial charge in [-0.1, -0.05) is 36.4 Å². The molecule has 9 heteroatoms. The van der Waals surface area contributed by atoms with Gasteiger partial charge in [-0.15, -0.1) is 13.2 Å². The zero-order valence-electron chi connectivity index (χ0n) is 19.0. The maximum Gasteiger partial charge on any atom is 0.573 e. The molecule has 2 unspecified atom stereocenters. The summed E-state index contributed by atoms with van der Waals surface area (Å²) in [5, 5.41) is 11.3. The lowest BCUT2D eigenvalue weighted by atomic mass is 9.94. The van der Waals surface area contributed by atoms with E-state index in [9.17, 15) is 27.9 Å². The summed E-state index contributed by atoms with van der Waals surface area (Å²) < 4.78 is 48.1. The van der Waals surface area contributed by atoms with Crippen molar-refractivity contribution in [1.82, 2.24) is 0 Å². The van der Waals surface area contributed by atoms with Crippen LogP contribution in [0.2, 0.25) is 0 Å². The molecular weight excluding hydrogens is 475 g/mol. The van der Waals surface area contributed by atoms with Gasteiger partial charge < -0.3 is 14.6 Å². The molecule has 1 amide bonds. The number of fused-ring (bicyclic) bond motifs is 1. The van der Waals surface area contributed by atoms with Crippen molar-refractivity contribution < 1.29 is 37.3 Å². The second-order valence-corrected chi connectivity index (χ2v) is 8.58. The Balaban J connectivity index is 1.64. The molecule has 2 atom stereocenters. The van der Waals surface area contributed by atoms with E-state index >= 15 is 0 Å². The molecule has 36 heavy (non-hydrogen) atoms. The molecule has 184 valence electrons. The number of ether oxygens (including phenoxy) is 2. The summed E-state index contributed by atoms with van der Waals surface area (Å²) in [6.45, 7) is 1.91. The Kier molecular flexibility index (Phi) is 5.70. The molecule has 1 fully saturated rings. The minimum Gasteiger partial charge on any atom is -0.507 e. The maximum atomic E-state index is 13.2. The molecule has 0 bridgehead atoms. The van der Waals surface area contributed by atoms with Gasteiger partial charge in [0, 0.05) is 23.7 Å². The van der Waals surface area contributed by atoms with Crippen LogP contribution in [-0.2, 0) is 16.0 Å². The van der Waals surface area contributed by atoms with Crippen molar-refractivity contribution in [2.75, 3.05) is 4.90 Å². The number of carbonyl (C=O) groups is 2. The summed E-state index contributed by atoms with van der Waals surface area (Å²) in [6.07, 6.45) is -4.34. The van der Waals surface area contributed by atoms with Crippen LogP contribution in [0.5, 0.6) is 11.5 Å². The minimum absolute atomic E-state index is 0.0166. The number of ketones is 1. The minimum atomic E-state index is -4.93. The number of alkyl halides is 3. The number of anilines is 1. The smallest absolute Gasteiger partial charge is 0.507 e. The quantitative estimate of drug-likeness (QED) is 0.293. The zero-order chi connectivity index (χ0) is 25.6. The molecule has 3 aromatic rings. The molecule has 2 aliphatic rings. The summed E-state index contributed by atoms with van der Waals surface area (Å²) in [6, 6.07) is 17.2. The number of benzene rings is 3. The molecule has 0 spiro atoms. The number of Topliss-reactive ketones (excluding diaryl/α,β-unsaturated/α-hetero) is 1. The van der Waals surface area contributed by atoms with Gasteiger partial charge in [0.15, 0.2) is 0 Å². The van der Waals surface area contributed by atoms with Gasteiger partial charge in [0.2, 0.25) is 0 Å². The zero-order valence-corrected chi connectivity index (χ0v) is 19.0. The number of nitrogens with zero attached hydrogens (tertiary/aromatic N) is 1. The highest BCUT2D eigenvalue weighted by atomic mass is 19.4. The van der Waals surface area contributed by atoms with Crippen LogP contribution in [0.4, 0.5) is 18.9 Å². The van der Waals surface area contributed by atoms with Gasteiger partial charge >= 0.3 is 6.36 Å². The monoisotopic (exact) mass is 495 g/mol. The van der Waals surface area contributed by atoms with Crippen molar-refractivity contribution in [2.24, 2.45) is 0 Å². The Bertz CT molecular complexity index is 1380. The van der Waals surface area contributed by atoms with Crippen molar-refractivity contribution >= 4 is 23.1 Å². The number of amides is 1. The number of rotatable bonds is 4. The van der Waals surface area contributed by atoms with E-state index in [1.165, 1.54) is 12.1 Å². The number of carbonyl (C=O) groups excluding carboxylic acids is 2. The van der Waals surface area contributed by atoms with Crippen LogP contribution >= 0.6 is 0 Å². The van der Waals surface area contributed by atoms with Crippen LogP contribution < -0.4 is 14.4 Å². The molecule has 1 N–H and O–H groups in total. The van der Waals surface area contributed by atoms with Gasteiger partial charge in [-0.3, -0.25) is 14.5 Å². The average molecular weight is 495 g/mol. The first-order valence-electron chi connectivity index (χ1n) is 11.1. The summed E-state index contributed by atoms with van der Waals surface area (Å²) >= 11 is 0. The Labute approximate surface area is 204 Å². The van der Waals surface area contributed by atoms with Crippen molar-refractivity contribution in [2.45, 2.75) is 31.9 Å². The van der Waals surface area contributed by atoms with Crippen molar-refractivity contribution in [1.29, 1.82) is 0 Å². The lowest BCUT2D eigenvalue weighted by Crippen LogP contribution is -2.29. The highest BCUT2D eigenvalue weighted by Crippen LogP contribution is 2.43. The van der Waals surface area contributed by atoms with Gasteiger partial charge in [0.05, 0.1) is 11.6 Å². The van der Waals surface area contributed by atoms with E-state index in [-0.39, 0.29) is 23.1 Å². The summed E-state index contributed by atoms with van der Waals surface area (Å²) in [5.41, 5.74) is 1.54. The Hall–Kier alpha value is -4.27. The van der Waals surface area contributed by atoms with E-state index in [0.29, 0.717) is 23.3 Å². The van der Waals surface area contributed by atoms with Crippen molar-refractivity contribution in [3.63, 3.8) is 0 Å². The summed E-state index contributed by atoms with van der Waals surface area (Å²) in [5.74, 6) is -2.17. The number of hydrogen-bond donors (Lipinski definition) is 1. The maximum absolute atomic E-state index is 13.2. The van der Waals surface area contributed by atoms with E-state index in [0.717, 1.165) is 22.6 Å². The molecule has 2 aliphatic heterocycles. The molecule has 5 rings (SSSR count). The van der Waals surface area contributed by atoms with Crippen LogP contribution in [0.3, 0.4) is 0 Å². The molecule has 0 saturated carbocycles. The van der Waals surface area contributed by atoms with Crippen LogP contribution in [0.25, 0.3) is 5.76 Å². The summed E-state index contributed by atoms with van der Waals surface area (Å²) in [4.78, 5) is 27.5. The highest BCUT2D eigenvalue weighted by Gasteiger charge is 2.47. The predicted molar refractivity (Wildman–Crippen MR) is 125 cm³/mol. The second kappa shape index (κ2) is 8.75. The largest absolute Gasteiger partial charge is 0.573 e. The molecule has 0 radical (unpaired) electrons. The average Bonchev–Trinajstić information content (AvgIpc) is 3.33. The van der Waals surface area contributed by atoms with Gasteiger partial charge in [-0.25, -0.2) is 0 Å². The number of hydrogen-bond acceptors (Lipinski definition) is 5. The van der Waals surface area contributed by atoms with E-state index in [4.69, 9.17) is 4.74 Å². The molecule has 0 aliphatic carbocycles. The second-order valence-electron chi connectivity index (χ2n) is 8.58. The first-order chi connectivity index (χ1) is 17.1. The normalized spacial score (nSPS) is 20.8. The highest BCUT2D eigenvalue weighted by molar-refractivity contribution is 6.51. The number of aliphatic hydroxyl groups excluding tert-OH is 1. The van der Waals surface area contributed by atoms with Crippen molar-refractivity contribution in [3.8, 4) is 11.5 Å². The van der Waals surface area contributed by atoms with Crippen LogP contribution in [0, 0.1) is 0 Å². The first-order valence-corrected chi connectivity index (χ1v) is 11.1. The van der Waals surface area contributed by atoms with Gasteiger partial charge in [0.1, 0.15) is 23.4 Å². The molecule has 1 saturated heterocycles. The molecule has 3 aromatic carbocycles. The van der Waals surface area contributed by atoms with E-state index in [1.54, 1.807) is 48.5 Å². The number of halogens is 3. The topological polar surface area (TPSA) is 76.1 Å². The van der Waals surface area contributed by atoms with E-state index in [1.807, 2.05) is 6.92 Å². The Morgan fingerprint density at radius 3 is 2.50 bits per heavy atom.